The number of carbonyl (C=O) groups is 1. The number of aromatic nitrogens is 3. The first-order valence-electron chi connectivity index (χ1n) is 9.24. The molecule has 146 valence electrons. The van der Waals surface area contributed by atoms with Gasteiger partial charge in [0.1, 0.15) is 5.82 Å². The Labute approximate surface area is 168 Å². The lowest BCUT2D eigenvalue weighted by Crippen LogP contribution is -2.37. The lowest BCUT2D eigenvalue weighted by atomic mass is 10.1. The monoisotopic (exact) mass is 396 g/mol. The van der Waals surface area contributed by atoms with Crippen LogP contribution < -0.4 is 10.9 Å². The maximum atomic E-state index is 13.2. The van der Waals surface area contributed by atoms with Gasteiger partial charge in [-0.3, -0.25) is 9.59 Å². The molecular weight excluding hydrogens is 372 g/mol. The normalized spacial score (nSPS) is 12.3. The van der Waals surface area contributed by atoms with Gasteiger partial charge in [0, 0.05) is 12.2 Å². The number of rotatable bonds is 6. The minimum atomic E-state index is -0.189. The summed E-state index contributed by atoms with van der Waals surface area (Å²) in [5.74, 6) is 0.970. The van der Waals surface area contributed by atoms with E-state index < -0.39 is 0 Å². The minimum Gasteiger partial charge on any atom is -0.353 e. The summed E-state index contributed by atoms with van der Waals surface area (Å²) >= 11 is 1.24. The van der Waals surface area contributed by atoms with Crippen LogP contribution in [-0.2, 0) is 4.79 Å². The maximum absolute atomic E-state index is 13.2. The number of amides is 1. The number of hydrogen-bond donors (Lipinski definition) is 1. The number of para-hydroxylation sites is 1. The summed E-state index contributed by atoms with van der Waals surface area (Å²) in [6.45, 7) is 8.00. The average Bonchev–Trinajstić information content (AvgIpc) is 2.67. The maximum Gasteiger partial charge on any atom is 0.267 e. The third kappa shape index (κ3) is 4.25. The molecule has 28 heavy (non-hydrogen) atoms. The third-order valence-electron chi connectivity index (χ3n) is 4.66. The van der Waals surface area contributed by atoms with E-state index in [1.54, 1.807) is 18.3 Å². The van der Waals surface area contributed by atoms with Gasteiger partial charge in [-0.2, -0.15) is 0 Å². The summed E-state index contributed by atoms with van der Waals surface area (Å²) in [7, 11) is 0. The Bertz CT molecular complexity index is 1060. The number of thioether (sulfide) groups is 1. The smallest absolute Gasteiger partial charge is 0.267 e. The molecule has 7 heteroatoms. The van der Waals surface area contributed by atoms with Gasteiger partial charge >= 0.3 is 0 Å². The average molecular weight is 397 g/mol. The first-order valence-corrected chi connectivity index (χ1v) is 10.2. The van der Waals surface area contributed by atoms with E-state index in [-0.39, 0.29) is 23.3 Å². The van der Waals surface area contributed by atoms with Gasteiger partial charge in [0.25, 0.3) is 5.56 Å². The highest BCUT2D eigenvalue weighted by Crippen LogP contribution is 2.21. The van der Waals surface area contributed by atoms with E-state index in [1.165, 1.54) is 16.3 Å². The van der Waals surface area contributed by atoms with Crippen LogP contribution in [0.1, 0.15) is 26.3 Å². The Morgan fingerprint density at radius 2 is 1.93 bits per heavy atom. The molecule has 1 atom stereocenters. The van der Waals surface area contributed by atoms with Crippen molar-refractivity contribution in [1.82, 2.24) is 19.9 Å². The topological polar surface area (TPSA) is 76.9 Å². The molecule has 1 amide bonds. The highest BCUT2D eigenvalue weighted by Gasteiger charge is 2.17. The summed E-state index contributed by atoms with van der Waals surface area (Å²) in [6.07, 6.45) is 1.65. The summed E-state index contributed by atoms with van der Waals surface area (Å²) in [5, 5.41) is 3.96. The fourth-order valence-electron chi connectivity index (χ4n) is 2.70. The molecular formula is C21H24N4O2S. The zero-order valence-corrected chi connectivity index (χ0v) is 17.3. The fourth-order valence-corrected chi connectivity index (χ4v) is 3.50. The molecule has 0 bridgehead atoms. The molecule has 2 aromatic heterocycles. The molecule has 0 fully saturated rings. The molecule has 0 aliphatic carbocycles. The first-order chi connectivity index (χ1) is 13.4. The molecule has 0 aliphatic rings. The molecule has 1 N–H and O–H groups in total. The van der Waals surface area contributed by atoms with Gasteiger partial charge in [0.05, 0.1) is 16.7 Å². The zero-order chi connectivity index (χ0) is 20.3. The largest absolute Gasteiger partial charge is 0.353 e. The van der Waals surface area contributed by atoms with Crippen LogP contribution in [0.4, 0.5) is 0 Å². The highest BCUT2D eigenvalue weighted by atomic mass is 32.2. The predicted octanol–water partition coefficient (Wildman–Crippen LogP) is 3.34. The summed E-state index contributed by atoms with van der Waals surface area (Å²) in [4.78, 5) is 34.5. The van der Waals surface area contributed by atoms with Crippen LogP contribution >= 0.6 is 11.8 Å². The Morgan fingerprint density at radius 1 is 1.18 bits per heavy atom. The van der Waals surface area contributed by atoms with Crippen molar-refractivity contribution >= 4 is 28.6 Å². The standard InChI is InChI=1S/C21H24N4O2S/c1-13(2)15(4)23-18(26)12-28-21-24-17-10-6-5-9-16(17)20(27)25(21)19-14(3)8-7-11-22-19/h5-11,13,15H,12H2,1-4H3,(H,23,26)/t15-/m0/s1. The first kappa shape index (κ1) is 20.1. The van der Waals surface area contributed by atoms with E-state index in [1.807, 2.05) is 38.1 Å². The van der Waals surface area contributed by atoms with E-state index in [0.29, 0.717) is 27.8 Å². The van der Waals surface area contributed by atoms with Crippen molar-refractivity contribution in [3.63, 3.8) is 0 Å². The Morgan fingerprint density at radius 3 is 2.64 bits per heavy atom. The van der Waals surface area contributed by atoms with Crippen molar-refractivity contribution in [3.8, 4) is 5.82 Å². The predicted molar refractivity (Wildman–Crippen MR) is 113 cm³/mol. The van der Waals surface area contributed by atoms with Gasteiger partial charge in [0.15, 0.2) is 5.16 Å². The molecule has 2 heterocycles. The number of pyridine rings is 1. The summed E-state index contributed by atoms with van der Waals surface area (Å²) in [5.41, 5.74) is 1.28. The number of nitrogens with one attached hydrogen (secondary N) is 1. The molecule has 0 radical (unpaired) electrons. The number of nitrogens with zero attached hydrogens (tertiary/aromatic N) is 3. The van der Waals surface area contributed by atoms with Crippen LogP contribution in [0.3, 0.4) is 0 Å². The molecule has 1 aromatic carbocycles. The van der Waals surface area contributed by atoms with E-state index in [4.69, 9.17) is 0 Å². The number of aryl methyl sites for hydroxylation is 1. The van der Waals surface area contributed by atoms with Crippen molar-refractivity contribution in [2.75, 3.05) is 5.75 Å². The Kier molecular flexibility index (Phi) is 6.14. The second kappa shape index (κ2) is 8.56. The van der Waals surface area contributed by atoms with Crippen LogP contribution in [0, 0.1) is 12.8 Å². The van der Waals surface area contributed by atoms with Crippen LogP contribution in [0.5, 0.6) is 0 Å². The lowest BCUT2D eigenvalue weighted by molar-refractivity contribution is -0.119. The fraction of sp³-hybridized carbons (Fsp3) is 0.333. The van der Waals surface area contributed by atoms with Crippen molar-refractivity contribution in [1.29, 1.82) is 0 Å². The van der Waals surface area contributed by atoms with Crippen LogP contribution in [0.2, 0.25) is 0 Å². The van der Waals surface area contributed by atoms with Gasteiger partial charge in [-0.15, -0.1) is 0 Å². The van der Waals surface area contributed by atoms with Crippen molar-refractivity contribution in [2.24, 2.45) is 5.92 Å². The Balaban J connectivity index is 2.01. The highest BCUT2D eigenvalue weighted by molar-refractivity contribution is 7.99. The van der Waals surface area contributed by atoms with Gasteiger partial charge in [-0.25, -0.2) is 14.5 Å². The van der Waals surface area contributed by atoms with Crippen molar-refractivity contribution in [3.05, 3.63) is 58.5 Å². The van der Waals surface area contributed by atoms with Crippen molar-refractivity contribution < 1.29 is 4.79 Å². The molecule has 0 spiro atoms. The van der Waals surface area contributed by atoms with Gasteiger partial charge in [-0.1, -0.05) is 43.8 Å². The van der Waals surface area contributed by atoms with E-state index in [9.17, 15) is 9.59 Å². The summed E-state index contributed by atoms with van der Waals surface area (Å²) in [6, 6.07) is 11.0. The van der Waals surface area contributed by atoms with Crippen molar-refractivity contribution in [2.45, 2.75) is 38.9 Å². The Hall–Kier alpha value is -2.67. The van der Waals surface area contributed by atoms with Crippen LogP contribution in [0.25, 0.3) is 16.7 Å². The van der Waals surface area contributed by atoms with Gasteiger partial charge in [0.2, 0.25) is 5.91 Å². The van der Waals surface area contributed by atoms with Crippen LogP contribution in [0.15, 0.2) is 52.5 Å². The second-order valence-corrected chi connectivity index (χ2v) is 8.03. The molecule has 0 saturated carbocycles. The van der Waals surface area contributed by atoms with Crippen LogP contribution in [-0.4, -0.2) is 32.2 Å². The number of hydrogen-bond acceptors (Lipinski definition) is 5. The molecule has 3 aromatic rings. The zero-order valence-electron chi connectivity index (χ0n) is 16.5. The van der Waals surface area contributed by atoms with Gasteiger partial charge < -0.3 is 5.32 Å². The van der Waals surface area contributed by atoms with E-state index in [0.717, 1.165) is 5.56 Å². The number of benzene rings is 1. The second-order valence-electron chi connectivity index (χ2n) is 7.08. The molecule has 3 rings (SSSR count). The molecule has 0 aliphatic heterocycles. The quantitative estimate of drug-likeness (QED) is 0.511. The molecule has 6 nitrogen and oxygen atoms in total. The number of fused-ring (bicyclic) bond motifs is 1. The minimum absolute atomic E-state index is 0.0814. The third-order valence-corrected chi connectivity index (χ3v) is 5.60. The number of carbonyl (C=O) groups excluding carboxylic acids is 1. The van der Waals surface area contributed by atoms with E-state index in [2.05, 4.69) is 29.1 Å². The summed E-state index contributed by atoms with van der Waals surface area (Å²) < 4.78 is 1.50. The van der Waals surface area contributed by atoms with E-state index >= 15 is 0 Å². The SMILES string of the molecule is Cc1cccnc1-n1c(SCC(=O)N[C@@H](C)C(C)C)nc2ccccc2c1=O. The molecule has 0 unspecified atom stereocenters. The lowest BCUT2D eigenvalue weighted by Gasteiger charge is -2.18. The molecule has 0 saturated heterocycles. The van der Waals surface area contributed by atoms with Gasteiger partial charge in [-0.05, 0) is 43.5 Å².